The van der Waals surface area contributed by atoms with Gasteiger partial charge in [-0.1, -0.05) is 6.08 Å². The van der Waals surface area contributed by atoms with Gasteiger partial charge in [-0.3, -0.25) is 4.79 Å². The van der Waals surface area contributed by atoms with E-state index in [1.54, 1.807) is 0 Å². The summed E-state index contributed by atoms with van der Waals surface area (Å²) in [6.45, 7) is 6.26. The van der Waals surface area contributed by atoms with Gasteiger partial charge >= 0.3 is 0 Å². The average molecular weight is 196 g/mol. The molecule has 0 radical (unpaired) electrons. The van der Waals surface area contributed by atoms with Crippen LogP contribution in [-0.2, 0) is 4.79 Å². The Balaban J connectivity index is 2.46. The molecule has 0 saturated carbocycles. The van der Waals surface area contributed by atoms with Crippen LogP contribution in [0.5, 0.6) is 0 Å². The summed E-state index contributed by atoms with van der Waals surface area (Å²) in [5.74, 6) is 0.799. The van der Waals surface area contributed by atoms with Gasteiger partial charge in [-0.2, -0.15) is 0 Å². The summed E-state index contributed by atoms with van der Waals surface area (Å²) in [7, 11) is 0. The van der Waals surface area contributed by atoms with Crippen molar-refractivity contribution in [3.63, 3.8) is 0 Å². The van der Waals surface area contributed by atoms with Gasteiger partial charge in [0, 0.05) is 18.7 Å². The van der Waals surface area contributed by atoms with Gasteiger partial charge in [-0.25, -0.2) is 0 Å². The highest BCUT2D eigenvalue weighted by atomic mass is 16.2. The molecule has 0 aromatic rings. The molecule has 0 bridgehead atoms. The molecule has 3 nitrogen and oxygen atoms in total. The Kier molecular flexibility index (Phi) is 4.14. The molecule has 1 saturated heterocycles. The maximum Gasteiger partial charge on any atom is 0.249 e. The van der Waals surface area contributed by atoms with Gasteiger partial charge in [0.25, 0.3) is 0 Å². The van der Waals surface area contributed by atoms with Gasteiger partial charge in [0.05, 0.1) is 0 Å². The third kappa shape index (κ3) is 2.58. The summed E-state index contributed by atoms with van der Waals surface area (Å²) in [6.07, 6.45) is 3.98. The zero-order chi connectivity index (χ0) is 10.6. The number of likely N-dealkylation sites (tertiary alicyclic amines) is 1. The molecule has 0 aromatic carbocycles. The van der Waals surface area contributed by atoms with Gasteiger partial charge in [0.15, 0.2) is 0 Å². The van der Waals surface area contributed by atoms with Crippen LogP contribution < -0.4 is 5.73 Å². The second-order valence-electron chi connectivity index (χ2n) is 3.94. The van der Waals surface area contributed by atoms with E-state index in [0.29, 0.717) is 5.92 Å². The van der Waals surface area contributed by atoms with Crippen LogP contribution in [0.15, 0.2) is 11.6 Å². The maximum absolute atomic E-state index is 11.8. The molecular weight excluding hydrogens is 176 g/mol. The van der Waals surface area contributed by atoms with E-state index in [1.165, 1.54) is 0 Å². The first kappa shape index (κ1) is 11.2. The van der Waals surface area contributed by atoms with Crippen LogP contribution in [0.3, 0.4) is 0 Å². The van der Waals surface area contributed by atoms with E-state index in [9.17, 15) is 4.79 Å². The number of carbonyl (C=O) groups excluding carboxylic acids is 1. The molecule has 3 heteroatoms. The summed E-state index contributed by atoms with van der Waals surface area (Å²) in [5.41, 5.74) is 6.44. The number of piperidine rings is 1. The van der Waals surface area contributed by atoms with Crippen LogP contribution in [0.4, 0.5) is 0 Å². The fourth-order valence-corrected chi connectivity index (χ4v) is 1.74. The summed E-state index contributed by atoms with van der Waals surface area (Å²) < 4.78 is 0. The Bertz CT molecular complexity index is 227. The van der Waals surface area contributed by atoms with E-state index in [2.05, 4.69) is 0 Å². The summed E-state index contributed by atoms with van der Waals surface area (Å²) in [5, 5.41) is 0. The summed E-state index contributed by atoms with van der Waals surface area (Å²) in [4.78, 5) is 13.7. The lowest BCUT2D eigenvalue weighted by Crippen LogP contribution is -2.40. The standard InChI is InChI=1S/C11H20N2O/c1-3-9(2)11(14)13-6-4-10(8-12)5-7-13/h3,10H,4-8,12H2,1-2H3/b9-3-. The molecule has 1 heterocycles. The zero-order valence-electron chi connectivity index (χ0n) is 9.12. The molecule has 1 rings (SSSR count). The molecule has 1 aliphatic rings. The lowest BCUT2D eigenvalue weighted by Gasteiger charge is -2.31. The predicted molar refractivity (Wildman–Crippen MR) is 57.8 cm³/mol. The molecule has 2 N–H and O–H groups in total. The second kappa shape index (κ2) is 5.15. The minimum Gasteiger partial charge on any atom is -0.339 e. The molecule has 0 atom stereocenters. The topological polar surface area (TPSA) is 46.3 Å². The van der Waals surface area contributed by atoms with Crippen molar-refractivity contribution in [2.45, 2.75) is 26.7 Å². The van der Waals surface area contributed by atoms with E-state index in [4.69, 9.17) is 5.73 Å². The monoisotopic (exact) mass is 196 g/mol. The minimum atomic E-state index is 0.183. The van der Waals surface area contributed by atoms with Crippen molar-refractivity contribution in [2.24, 2.45) is 11.7 Å². The first-order valence-corrected chi connectivity index (χ1v) is 5.31. The lowest BCUT2D eigenvalue weighted by molar-refractivity contribution is -0.128. The van der Waals surface area contributed by atoms with E-state index in [1.807, 2.05) is 24.8 Å². The van der Waals surface area contributed by atoms with Crippen LogP contribution in [-0.4, -0.2) is 30.4 Å². The number of nitrogens with two attached hydrogens (primary N) is 1. The highest BCUT2D eigenvalue weighted by Crippen LogP contribution is 2.17. The van der Waals surface area contributed by atoms with E-state index in [-0.39, 0.29) is 5.91 Å². The number of allylic oxidation sites excluding steroid dienone is 1. The average Bonchev–Trinajstić information content (AvgIpc) is 2.27. The van der Waals surface area contributed by atoms with Crippen molar-refractivity contribution >= 4 is 5.91 Å². The molecular formula is C11H20N2O. The van der Waals surface area contributed by atoms with Crippen molar-refractivity contribution in [3.8, 4) is 0 Å². The molecule has 14 heavy (non-hydrogen) atoms. The van der Waals surface area contributed by atoms with Crippen LogP contribution in [0.25, 0.3) is 0 Å². The molecule has 1 fully saturated rings. The second-order valence-corrected chi connectivity index (χ2v) is 3.94. The molecule has 0 aromatic heterocycles. The molecule has 80 valence electrons. The number of carbonyl (C=O) groups is 1. The van der Waals surface area contributed by atoms with E-state index >= 15 is 0 Å². The van der Waals surface area contributed by atoms with Crippen LogP contribution in [0.2, 0.25) is 0 Å². The van der Waals surface area contributed by atoms with Gasteiger partial charge in [0.1, 0.15) is 0 Å². The van der Waals surface area contributed by atoms with Gasteiger partial charge in [0.2, 0.25) is 5.91 Å². The SMILES string of the molecule is C/C=C(/C)C(=O)N1CCC(CN)CC1. The molecule has 1 amide bonds. The van der Waals surface area contributed by atoms with Gasteiger partial charge < -0.3 is 10.6 Å². The van der Waals surface area contributed by atoms with Crippen LogP contribution >= 0.6 is 0 Å². The normalized spacial score (nSPS) is 19.9. The lowest BCUT2D eigenvalue weighted by atomic mass is 9.97. The van der Waals surface area contributed by atoms with Crippen molar-refractivity contribution in [1.82, 2.24) is 4.90 Å². The zero-order valence-corrected chi connectivity index (χ0v) is 9.12. The molecule has 0 spiro atoms. The molecule has 1 aliphatic heterocycles. The fourth-order valence-electron chi connectivity index (χ4n) is 1.74. The Morgan fingerprint density at radius 1 is 1.50 bits per heavy atom. The van der Waals surface area contributed by atoms with Crippen LogP contribution in [0.1, 0.15) is 26.7 Å². The maximum atomic E-state index is 11.8. The number of nitrogens with zero attached hydrogens (tertiary/aromatic N) is 1. The summed E-state index contributed by atoms with van der Waals surface area (Å²) in [6, 6.07) is 0. The number of rotatable bonds is 2. The molecule has 0 unspecified atom stereocenters. The van der Waals surface area contributed by atoms with Gasteiger partial charge in [-0.15, -0.1) is 0 Å². The van der Waals surface area contributed by atoms with E-state index < -0.39 is 0 Å². The third-order valence-electron chi connectivity index (χ3n) is 3.01. The third-order valence-corrected chi connectivity index (χ3v) is 3.01. The first-order chi connectivity index (χ1) is 6.69. The Hall–Kier alpha value is -0.830. The van der Waals surface area contributed by atoms with Crippen molar-refractivity contribution < 1.29 is 4.79 Å². The van der Waals surface area contributed by atoms with Crippen LogP contribution in [0, 0.1) is 5.92 Å². The minimum absolute atomic E-state index is 0.183. The van der Waals surface area contributed by atoms with Crippen molar-refractivity contribution in [1.29, 1.82) is 0 Å². The quantitative estimate of drug-likeness (QED) is 0.673. The Morgan fingerprint density at radius 2 is 2.07 bits per heavy atom. The Labute approximate surface area is 86.0 Å². The number of hydrogen-bond acceptors (Lipinski definition) is 2. The summed E-state index contributed by atoms with van der Waals surface area (Å²) >= 11 is 0. The van der Waals surface area contributed by atoms with E-state index in [0.717, 1.165) is 38.0 Å². The van der Waals surface area contributed by atoms with Crippen molar-refractivity contribution in [2.75, 3.05) is 19.6 Å². The fraction of sp³-hybridized carbons (Fsp3) is 0.727. The van der Waals surface area contributed by atoms with Crippen molar-refractivity contribution in [3.05, 3.63) is 11.6 Å². The van der Waals surface area contributed by atoms with Gasteiger partial charge in [-0.05, 0) is 39.2 Å². The number of hydrogen-bond donors (Lipinski definition) is 1. The number of amides is 1. The Morgan fingerprint density at radius 3 is 2.50 bits per heavy atom. The largest absolute Gasteiger partial charge is 0.339 e. The smallest absolute Gasteiger partial charge is 0.249 e. The highest BCUT2D eigenvalue weighted by molar-refractivity contribution is 5.92. The predicted octanol–water partition coefficient (Wildman–Crippen LogP) is 1.15. The highest BCUT2D eigenvalue weighted by Gasteiger charge is 2.22. The molecule has 0 aliphatic carbocycles. The first-order valence-electron chi connectivity index (χ1n) is 5.31.